The number of thiophene rings is 1. The van der Waals surface area contributed by atoms with Crippen molar-refractivity contribution in [2.75, 3.05) is 7.11 Å². The van der Waals surface area contributed by atoms with Gasteiger partial charge in [0.1, 0.15) is 4.88 Å². The summed E-state index contributed by atoms with van der Waals surface area (Å²) in [6.45, 7) is 1.81. The standard InChI is InChI=1S/C19H15Cl3O3S/c1-9(10-7-13(20)16(22)14(21)8-10)6-15(23)17-11-4-3-5-12(11)18(26-17)19(24)25-2/h6-8H,3-5H2,1-2H3/b9-6-. The molecule has 7 heteroatoms. The summed E-state index contributed by atoms with van der Waals surface area (Å²) in [6, 6.07) is 3.35. The van der Waals surface area contributed by atoms with Crippen molar-refractivity contribution in [3.05, 3.63) is 59.7 Å². The van der Waals surface area contributed by atoms with Crippen molar-refractivity contribution < 1.29 is 14.3 Å². The highest BCUT2D eigenvalue weighted by atomic mass is 35.5. The van der Waals surface area contributed by atoms with E-state index in [9.17, 15) is 9.59 Å². The molecule has 0 unspecified atom stereocenters. The Morgan fingerprint density at radius 3 is 2.23 bits per heavy atom. The lowest BCUT2D eigenvalue weighted by Gasteiger charge is -2.06. The van der Waals surface area contributed by atoms with Gasteiger partial charge in [0.25, 0.3) is 0 Å². The monoisotopic (exact) mass is 428 g/mol. The Morgan fingerprint density at radius 1 is 1.08 bits per heavy atom. The first-order valence-corrected chi connectivity index (χ1v) is 9.89. The number of fused-ring (bicyclic) bond motifs is 1. The molecule has 0 aliphatic heterocycles. The Labute approximate surface area is 170 Å². The first kappa shape index (κ1) is 19.4. The number of ether oxygens (including phenoxy) is 1. The van der Waals surface area contributed by atoms with E-state index in [1.165, 1.54) is 18.4 Å². The molecule has 0 saturated heterocycles. The fraction of sp³-hybridized carbons (Fsp3) is 0.263. The number of allylic oxidation sites excluding steroid dienone is 2. The van der Waals surface area contributed by atoms with Crippen molar-refractivity contribution in [2.24, 2.45) is 0 Å². The number of halogens is 3. The summed E-state index contributed by atoms with van der Waals surface area (Å²) < 4.78 is 4.85. The highest BCUT2D eigenvalue weighted by molar-refractivity contribution is 7.16. The summed E-state index contributed by atoms with van der Waals surface area (Å²) in [5.74, 6) is -0.521. The molecule has 2 aromatic rings. The first-order chi connectivity index (χ1) is 12.3. The van der Waals surface area contributed by atoms with Crippen molar-refractivity contribution in [3.63, 3.8) is 0 Å². The third-order valence-electron chi connectivity index (χ3n) is 4.35. The second-order valence-corrected chi connectivity index (χ2v) is 8.22. The molecule has 0 radical (unpaired) electrons. The lowest BCUT2D eigenvalue weighted by atomic mass is 10.0. The van der Waals surface area contributed by atoms with Crippen molar-refractivity contribution in [3.8, 4) is 0 Å². The number of benzene rings is 1. The quantitative estimate of drug-likeness (QED) is 0.249. The number of esters is 1. The number of hydrogen-bond acceptors (Lipinski definition) is 4. The molecule has 1 heterocycles. The predicted octanol–water partition coefficient (Wildman–Crippen LogP) is 6.27. The van der Waals surface area contributed by atoms with Crippen LogP contribution in [-0.4, -0.2) is 18.9 Å². The van der Waals surface area contributed by atoms with Crippen molar-refractivity contribution >= 4 is 63.5 Å². The molecule has 0 fully saturated rings. The first-order valence-electron chi connectivity index (χ1n) is 7.93. The van der Waals surface area contributed by atoms with Crippen LogP contribution in [0, 0.1) is 0 Å². The van der Waals surface area contributed by atoms with Crippen LogP contribution in [0.4, 0.5) is 0 Å². The van der Waals surface area contributed by atoms with E-state index in [4.69, 9.17) is 39.5 Å². The van der Waals surface area contributed by atoms with Gasteiger partial charge in [0.05, 0.1) is 27.1 Å². The molecule has 3 nitrogen and oxygen atoms in total. The minimum atomic E-state index is -0.385. The van der Waals surface area contributed by atoms with E-state index in [0.717, 1.165) is 41.5 Å². The fourth-order valence-corrected chi connectivity index (χ4v) is 4.88. The van der Waals surface area contributed by atoms with Crippen LogP contribution in [0.1, 0.15) is 49.4 Å². The molecule has 0 amide bonds. The van der Waals surface area contributed by atoms with Gasteiger partial charge in [0, 0.05) is 0 Å². The lowest BCUT2D eigenvalue weighted by molar-refractivity contribution is 0.0605. The lowest BCUT2D eigenvalue weighted by Crippen LogP contribution is -2.00. The maximum atomic E-state index is 12.8. The SMILES string of the molecule is COC(=O)c1sc(C(=O)/C=C(/C)c2cc(Cl)c(Cl)c(Cl)c2)c2c1CCC2. The van der Waals surface area contributed by atoms with Crippen LogP contribution in [0.15, 0.2) is 18.2 Å². The summed E-state index contributed by atoms with van der Waals surface area (Å²) in [7, 11) is 1.35. The molecule has 26 heavy (non-hydrogen) atoms. The van der Waals surface area contributed by atoms with Gasteiger partial charge < -0.3 is 4.74 Å². The van der Waals surface area contributed by atoms with E-state index in [0.29, 0.717) is 19.8 Å². The normalized spacial score (nSPS) is 13.7. The average Bonchev–Trinajstić information content (AvgIpc) is 3.20. The van der Waals surface area contributed by atoms with Gasteiger partial charge in [0.15, 0.2) is 5.78 Å². The molecule has 1 aliphatic rings. The Hall–Kier alpha value is -1.33. The van der Waals surface area contributed by atoms with Crippen LogP contribution < -0.4 is 0 Å². The van der Waals surface area contributed by atoms with Crippen LogP contribution in [0.3, 0.4) is 0 Å². The zero-order valence-corrected chi connectivity index (χ0v) is 17.2. The van der Waals surface area contributed by atoms with E-state index in [-0.39, 0.29) is 16.8 Å². The maximum Gasteiger partial charge on any atom is 0.348 e. The van der Waals surface area contributed by atoms with Crippen LogP contribution in [-0.2, 0) is 17.6 Å². The Morgan fingerprint density at radius 2 is 1.65 bits per heavy atom. The topological polar surface area (TPSA) is 43.4 Å². The summed E-state index contributed by atoms with van der Waals surface area (Å²) in [5, 5.41) is 0.953. The molecule has 0 saturated carbocycles. The third-order valence-corrected chi connectivity index (χ3v) is 6.82. The smallest absolute Gasteiger partial charge is 0.348 e. The van der Waals surface area contributed by atoms with Crippen LogP contribution in [0.2, 0.25) is 15.1 Å². The Bertz CT molecular complexity index is 921. The second kappa shape index (κ2) is 7.73. The van der Waals surface area contributed by atoms with E-state index >= 15 is 0 Å². The van der Waals surface area contributed by atoms with Gasteiger partial charge in [-0.2, -0.15) is 0 Å². The minimum absolute atomic E-state index is 0.136. The highest BCUT2D eigenvalue weighted by Gasteiger charge is 2.28. The fourth-order valence-electron chi connectivity index (χ4n) is 3.06. The molecule has 3 rings (SSSR count). The average molecular weight is 430 g/mol. The summed E-state index contributed by atoms with van der Waals surface area (Å²) in [4.78, 5) is 26.0. The predicted molar refractivity (Wildman–Crippen MR) is 107 cm³/mol. The van der Waals surface area contributed by atoms with Crippen LogP contribution in [0.25, 0.3) is 5.57 Å². The van der Waals surface area contributed by atoms with Gasteiger partial charge in [-0.1, -0.05) is 34.8 Å². The van der Waals surface area contributed by atoms with Crippen LogP contribution in [0.5, 0.6) is 0 Å². The van der Waals surface area contributed by atoms with Gasteiger partial charge in [-0.3, -0.25) is 4.79 Å². The zero-order valence-electron chi connectivity index (χ0n) is 14.1. The van der Waals surface area contributed by atoms with Gasteiger partial charge in [-0.05, 0) is 66.7 Å². The number of methoxy groups -OCH3 is 1. The van der Waals surface area contributed by atoms with Gasteiger partial charge >= 0.3 is 5.97 Å². The van der Waals surface area contributed by atoms with Gasteiger partial charge in [0.2, 0.25) is 0 Å². The number of hydrogen-bond donors (Lipinski definition) is 0. The highest BCUT2D eigenvalue weighted by Crippen LogP contribution is 2.37. The number of rotatable bonds is 4. The molecule has 1 aliphatic carbocycles. The molecular weight excluding hydrogens is 415 g/mol. The second-order valence-electron chi connectivity index (χ2n) is 6.01. The molecule has 0 atom stereocenters. The largest absolute Gasteiger partial charge is 0.465 e. The van der Waals surface area contributed by atoms with E-state index in [1.54, 1.807) is 18.2 Å². The summed E-state index contributed by atoms with van der Waals surface area (Å²) in [6.07, 6.45) is 4.08. The molecule has 0 N–H and O–H groups in total. The van der Waals surface area contributed by atoms with E-state index in [2.05, 4.69) is 0 Å². The minimum Gasteiger partial charge on any atom is -0.465 e. The Balaban J connectivity index is 1.98. The summed E-state index contributed by atoms with van der Waals surface area (Å²) >= 11 is 19.3. The molecule has 0 bridgehead atoms. The molecular formula is C19H15Cl3O3S. The van der Waals surface area contributed by atoms with Crippen molar-refractivity contribution in [1.82, 2.24) is 0 Å². The third kappa shape index (κ3) is 3.56. The number of carbonyl (C=O) groups excluding carboxylic acids is 2. The van der Waals surface area contributed by atoms with Crippen LogP contribution >= 0.6 is 46.1 Å². The molecule has 1 aromatic carbocycles. The Kier molecular flexibility index (Phi) is 5.78. The number of ketones is 1. The van der Waals surface area contributed by atoms with E-state index < -0.39 is 0 Å². The maximum absolute atomic E-state index is 12.8. The van der Waals surface area contributed by atoms with Crippen molar-refractivity contribution in [2.45, 2.75) is 26.2 Å². The van der Waals surface area contributed by atoms with Crippen molar-refractivity contribution in [1.29, 1.82) is 0 Å². The molecule has 136 valence electrons. The van der Waals surface area contributed by atoms with E-state index in [1.807, 2.05) is 6.92 Å². The summed E-state index contributed by atoms with van der Waals surface area (Å²) in [5.41, 5.74) is 3.36. The van der Waals surface area contributed by atoms with Gasteiger partial charge in [-0.25, -0.2) is 4.79 Å². The van der Waals surface area contributed by atoms with Gasteiger partial charge in [-0.15, -0.1) is 11.3 Å². The number of carbonyl (C=O) groups is 2. The molecule has 1 aromatic heterocycles. The zero-order chi connectivity index (χ0) is 19.0. The molecule has 0 spiro atoms.